The van der Waals surface area contributed by atoms with Gasteiger partial charge in [-0.25, -0.2) is 13.1 Å². The molecule has 0 amide bonds. The first-order chi connectivity index (χ1) is 10.0. The van der Waals surface area contributed by atoms with Gasteiger partial charge in [-0.15, -0.1) is 0 Å². The SMILES string of the molecule is CCNS(=O)(=O)c1ccc(NC(C)Cc2ccsc2)cc1. The molecule has 0 bridgehead atoms. The van der Waals surface area contributed by atoms with E-state index in [1.54, 1.807) is 42.5 Å². The Labute approximate surface area is 130 Å². The van der Waals surface area contributed by atoms with E-state index in [1.165, 1.54) is 5.56 Å². The van der Waals surface area contributed by atoms with Crippen LogP contribution in [0.1, 0.15) is 19.4 Å². The maximum atomic E-state index is 11.8. The van der Waals surface area contributed by atoms with Crippen molar-refractivity contribution in [1.29, 1.82) is 0 Å². The van der Waals surface area contributed by atoms with Crippen LogP contribution in [0, 0.1) is 0 Å². The quantitative estimate of drug-likeness (QED) is 0.823. The van der Waals surface area contributed by atoms with Gasteiger partial charge < -0.3 is 5.32 Å². The van der Waals surface area contributed by atoms with Crippen LogP contribution in [0.5, 0.6) is 0 Å². The van der Waals surface area contributed by atoms with Gasteiger partial charge in [0.15, 0.2) is 0 Å². The number of hydrogen-bond donors (Lipinski definition) is 2. The van der Waals surface area contributed by atoms with Crippen molar-refractivity contribution >= 4 is 27.0 Å². The molecule has 4 nitrogen and oxygen atoms in total. The van der Waals surface area contributed by atoms with Gasteiger partial charge in [-0.2, -0.15) is 11.3 Å². The van der Waals surface area contributed by atoms with Gasteiger partial charge >= 0.3 is 0 Å². The number of thiophene rings is 1. The Morgan fingerprint density at radius 3 is 2.48 bits per heavy atom. The van der Waals surface area contributed by atoms with Crippen molar-refractivity contribution in [2.75, 3.05) is 11.9 Å². The summed E-state index contributed by atoms with van der Waals surface area (Å²) < 4.78 is 26.2. The molecule has 0 aliphatic rings. The fourth-order valence-corrected chi connectivity index (χ4v) is 3.82. The van der Waals surface area contributed by atoms with E-state index in [-0.39, 0.29) is 6.04 Å². The zero-order valence-corrected chi connectivity index (χ0v) is 13.8. The monoisotopic (exact) mass is 324 g/mol. The Morgan fingerprint density at radius 1 is 1.19 bits per heavy atom. The minimum Gasteiger partial charge on any atom is -0.382 e. The number of rotatable bonds is 7. The molecular weight excluding hydrogens is 304 g/mol. The molecule has 0 aliphatic heterocycles. The van der Waals surface area contributed by atoms with Crippen molar-refractivity contribution in [3.63, 3.8) is 0 Å². The van der Waals surface area contributed by atoms with Crippen LogP contribution in [-0.4, -0.2) is 21.0 Å². The Morgan fingerprint density at radius 2 is 1.90 bits per heavy atom. The molecule has 0 fully saturated rings. The molecule has 1 aromatic heterocycles. The highest BCUT2D eigenvalue weighted by molar-refractivity contribution is 7.89. The molecule has 1 aromatic carbocycles. The van der Waals surface area contributed by atoms with Gasteiger partial charge in [0.2, 0.25) is 10.0 Å². The summed E-state index contributed by atoms with van der Waals surface area (Å²) in [4.78, 5) is 0.292. The Kier molecular flexibility index (Phi) is 5.39. The topological polar surface area (TPSA) is 58.2 Å². The predicted molar refractivity (Wildman–Crippen MR) is 88.4 cm³/mol. The van der Waals surface area contributed by atoms with Gasteiger partial charge in [0.05, 0.1) is 4.90 Å². The average molecular weight is 324 g/mol. The van der Waals surface area contributed by atoms with E-state index in [9.17, 15) is 8.42 Å². The second-order valence-electron chi connectivity index (χ2n) is 4.91. The van der Waals surface area contributed by atoms with Crippen molar-refractivity contribution in [3.05, 3.63) is 46.7 Å². The van der Waals surface area contributed by atoms with Crippen LogP contribution in [0.3, 0.4) is 0 Å². The molecule has 0 saturated heterocycles. The lowest BCUT2D eigenvalue weighted by Crippen LogP contribution is -2.23. The number of sulfonamides is 1. The van der Waals surface area contributed by atoms with Crippen LogP contribution in [0.2, 0.25) is 0 Å². The van der Waals surface area contributed by atoms with Gasteiger partial charge in [-0.05, 0) is 60.0 Å². The van der Waals surface area contributed by atoms with E-state index in [4.69, 9.17) is 0 Å². The number of benzene rings is 1. The van der Waals surface area contributed by atoms with Gasteiger partial charge in [-0.3, -0.25) is 0 Å². The van der Waals surface area contributed by atoms with E-state index in [1.807, 2.05) is 0 Å². The number of nitrogens with one attached hydrogen (secondary N) is 2. The Balaban J connectivity index is 1.99. The molecule has 2 N–H and O–H groups in total. The van der Waals surface area contributed by atoms with E-state index in [0.717, 1.165) is 12.1 Å². The first-order valence-corrected chi connectivity index (χ1v) is 9.31. The van der Waals surface area contributed by atoms with Crippen molar-refractivity contribution in [1.82, 2.24) is 4.72 Å². The zero-order valence-electron chi connectivity index (χ0n) is 12.2. The lowest BCUT2D eigenvalue weighted by Gasteiger charge is -2.15. The van der Waals surface area contributed by atoms with E-state index in [0.29, 0.717) is 11.4 Å². The van der Waals surface area contributed by atoms with Crippen LogP contribution in [0.15, 0.2) is 46.0 Å². The summed E-state index contributed by atoms with van der Waals surface area (Å²) in [6.45, 7) is 4.26. The Bertz CT molecular complexity index is 649. The first-order valence-electron chi connectivity index (χ1n) is 6.88. The molecule has 2 rings (SSSR count). The maximum absolute atomic E-state index is 11.8. The number of hydrogen-bond acceptors (Lipinski definition) is 4. The van der Waals surface area contributed by atoms with Crippen molar-refractivity contribution in [2.24, 2.45) is 0 Å². The summed E-state index contributed by atoms with van der Waals surface area (Å²) in [5.41, 5.74) is 2.24. The molecule has 0 aliphatic carbocycles. The highest BCUT2D eigenvalue weighted by Gasteiger charge is 2.12. The molecule has 1 atom stereocenters. The van der Waals surface area contributed by atoms with Gasteiger partial charge in [0.1, 0.15) is 0 Å². The van der Waals surface area contributed by atoms with E-state index in [2.05, 4.69) is 33.8 Å². The molecular formula is C15H20N2O2S2. The molecule has 2 aromatic rings. The van der Waals surface area contributed by atoms with Gasteiger partial charge in [0.25, 0.3) is 0 Å². The molecule has 0 radical (unpaired) electrons. The van der Waals surface area contributed by atoms with Crippen molar-refractivity contribution < 1.29 is 8.42 Å². The lowest BCUT2D eigenvalue weighted by atomic mass is 10.1. The van der Waals surface area contributed by atoms with Crippen LogP contribution >= 0.6 is 11.3 Å². The van der Waals surface area contributed by atoms with E-state index < -0.39 is 10.0 Å². The summed E-state index contributed by atoms with van der Waals surface area (Å²) in [7, 11) is -3.37. The zero-order chi connectivity index (χ0) is 15.3. The maximum Gasteiger partial charge on any atom is 0.240 e. The summed E-state index contributed by atoms with van der Waals surface area (Å²) in [5.74, 6) is 0. The fourth-order valence-electron chi connectivity index (χ4n) is 2.10. The second-order valence-corrected chi connectivity index (χ2v) is 7.45. The predicted octanol–water partition coefficient (Wildman–Crippen LogP) is 3.09. The van der Waals surface area contributed by atoms with Crippen LogP contribution in [-0.2, 0) is 16.4 Å². The highest BCUT2D eigenvalue weighted by atomic mass is 32.2. The summed E-state index contributed by atoms with van der Waals surface area (Å²) in [6, 6.07) is 9.25. The van der Waals surface area contributed by atoms with E-state index >= 15 is 0 Å². The van der Waals surface area contributed by atoms with Crippen LogP contribution in [0.25, 0.3) is 0 Å². The third-order valence-electron chi connectivity index (χ3n) is 3.03. The molecule has 6 heteroatoms. The molecule has 1 unspecified atom stereocenters. The van der Waals surface area contributed by atoms with Crippen LogP contribution in [0.4, 0.5) is 5.69 Å². The molecule has 21 heavy (non-hydrogen) atoms. The fraction of sp³-hybridized carbons (Fsp3) is 0.333. The van der Waals surface area contributed by atoms with Crippen LogP contribution < -0.4 is 10.0 Å². The normalized spacial score (nSPS) is 13.0. The minimum atomic E-state index is -3.37. The Hall–Kier alpha value is -1.37. The average Bonchev–Trinajstić information content (AvgIpc) is 2.92. The van der Waals surface area contributed by atoms with Gasteiger partial charge in [0, 0.05) is 18.3 Å². The summed E-state index contributed by atoms with van der Waals surface area (Å²) >= 11 is 1.70. The smallest absolute Gasteiger partial charge is 0.240 e. The minimum absolute atomic E-state index is 0.288. The van der Waals surface area contributed by atoms with Crippen molar-refractivity contribution in [2.45, 2.75) is 31.2 Å². The second kappa shape index (κ2) is 7.06. The standard InChI is InChI=1S/C15H20N2O2S2/c1-3-16-21(18,19)15-6-4-14(5-7-15)17-12(2)10-13-8-9-20-11-13/h4-9,11-12,16-17H,3,10H2,1-2H3. The molecule has 1 heterocycles. The summed E-state index contributed by atoms with van der Waals surface area (Å²) in [6.07, 6.45) is 0.945. The third-order valence-corrected chi connectivity index (χ3v) is 5.33. The molecule has 0 saturated carbocycles. The molecule has 114 valence electrons. The van der Waals surface area contributed by atoms with Crippen molar-refractivity contribution in [3.8, 4) is 0 Å². The summed E-state index contributed by atoms with van der Waals surface area (Å²) in [5, 5.41) is 7.60. The number of anilines is 1. The largest absolute Gasteiger partial charge is 0.382 e. The first kappa shape index (κ1) is 16.0. The third kappa shape index (κ3) is 4.56. The highest BCUT2D eigenvalue weighted by Crippen LogP contribution is 2.16. The lowest BCUT2D eigenvalue weighted by molar-refractivity contribution is 0.584. The van der Waals surface area contributed by atoms with Gasteiger partial charge in [-0.1, -0.05) is 6.92 Å². The molecule has 0 spiro atoms.